The average Bonchev–Trinajstić information content (AvgIpc) is 3.57. The van der Waals surface area contributed by atoms with Crippen molar-refractivity contribution in [3.63, 3.8) is 0 Å². The Kier molecular flexibility index (Phi) is 5.88. The zero-order valence-corrected chi connectivity index (χ0v) is 18.7. The van der Waals surface area contributed by atoms with Crippen LogP contribution in [0.3, 0.4) is 0 Å². The van der Waals surface area contributed by atoms with Gasteiger partial charge in [-0.25, -0.2) is 21.6 Å². The second kappa shape index (κ2) is 8.45. The van der Waals surface area contributed by atoms with Crippen LogP contribution in [0.15, 0.2) is 88.7 Å². The molecule has 1 fully saturated rings. The van der Waals surface area contributed by atoms with Crippen LogP contribution in [0.4, 0.5) is 5.69 Å². The van der Waals surface area contributed by atoms with Crippen molar-refractivity contribution in [3.05, 3.63) is 90.0 Å². The van der Waals surface area contributed by atoms with Gasteiger partial charge in [-0.05, 0) is 55.7 Å². The number of sulfonamides is 2. The van der Waals surface area contributed by atoms with Gasteiger partial charge in [-0.15, -0.1) is 0 Å². The van der Waals surface area contributed by atoms with Crippen molar-refractivity contribution in [3.8, 4) is 0 Å². The first-order valence-corrected chi connectivity index (χ1v) is 12.9. The van der Waals surface area contributed by atoms with Crippen LogP contribution in [0.5, 0.6) is 0 Å². The molecule has 0 atom stereocenters. The summed E-state index contributed by atoms with van der Waals surface area (Å²) in [5.74, 6) is 0. The van der Waals surface area contributed by atoms with Crippen molar-refractivity contribution in [2.24, 2.45) is 0 Å². The average molecular weight is 457 g/mol. The molecule has 0 aliphatic heterocycles. The van der Waals surface area contributed by atoms with E-state index in [-0.39, 0.29) is 22.4 Å². The lowest BCUT2D eigenvalue weighted by atomic mass is 10.2. The molecular weight excluding hydrogens is 432 g/mol. The monoisotopic (exact) mass is 456 g/mol. The third-order valence-corrected chi connectivity index (χ3v) is 8.38. The molecule has 0 bridgehead atoms. The summed E-state index contributed by atoms with van der Waals surface area (Å²) in [6.45, 7) is 2.06. The standard InChI is InChI=1S/C23H24N2O4S2/c1-18-10-14-21(15-11-18)25(17-19-6-3-2-4-7-19)31(28,29)23-9-5-8-22(16-23)30(26,27)24-20-12-13-20/h2-11,14-16,20,24H,12-13,17H2,1H3. The highest BCUT2D eigenvalue weighted by atomic mass is 32.2. The van der Waals surface area contributed by atoms with Gasteiger partial charge in [-0.3, -0.25) is 4.31 Å². The second-order valence-corrected chi connectivity index (χ2v) is 11.3. The van der Waals surface area contributed by atoms with Gasteiger partial charge in [0.15, 0.2) is 0 Å². The second-order valence-electron chi connectivity index (χ2n) is 7.70. The van der Waals surface area contributed by atoms with Crippen LogP contribution >= 0.6 is 0 Å². The number of aryl methyl sites for hydroxylation is 1. The molecule has 0 unspecified atom stereocenters. The van der Waals surface area contributed by atoms with Crippen LogP contribution in [-0.2, 0) is 26.6 Å². The van der Waals surface area contributed by atoms with Crippen LogP contribution in [0.2, 0.25) is 0 Å². The van der Waals surface area contributed by atoms with E-state index in [0.29, 0.717) is 5.69 Å². The van der Waals surface area contributed by atoms with Gasteiger partial charge in [0, 0.05) is 6.04 Å². The molecule has 3 aromatic carbocycles. The third kappa shape index (κ3) is 4.98. The van der Waals surface area contributed by atoms with Gasteiger partial charge >= 0.3 is 0 Å². The number of hydrogen-bond acceptors (Lipinski definition) is 4. The first-order chi connectivity index (χ1) is 14.8. The molecule has 1 aliphatic carbocycles. The highest BCUT2D eigenvalue weighted by molar-refractivity contribution is 7.93. The molecule has 31 heavy (non-hydrogen) atoms. The fourth-order valence-electron chi connectivity index (χ4n) is 3.19. The topological polar surface area (TPSA) is 83.6 Å². The van der Waals surface area contributed by atoms with Gasteiger partial charge in [0.1, 0.15) is 0 Å². The van der Waals surface area contributed by atoms with E-state index in [4.69, 9.17) is 0 Å². The molecule has 0 radical (unpaired) electrons. The molecule has 0 saturated heterocycles. The van der Waals surface area contributed by atoms with Crippen LogP contribution in [0.25, 0.3) is 0 Å². The predicted molar refractivity (Wildman–Crippen MR) is 121 cm³/mol. The lowest BCUT2D eigenvalue weighted by Gasteiger charge is -2.25. The van der Waals surface area contributed by atoms with E-state index < -0.39 is 20.0 Å². The van der Waals surface area contributed by atoms with Gasteiger partial charge in [0.05, 0.1) is 22.0 Å². The van der Waals surface area contributed by atoms with E-state index in [2.05, 4.69) is 4.72 Å². The Morgan fingerprint density at radius 2 is 1.48 bits per heavy atom. The Hall–Kier alpha value is -2.68. The molecule has 1 saturated carbocycles. The summed E-state index contributed by atoms with van der Waals surface area (Å²) in [5.41, 5.74) is 2.35. The summed E-state index contributed by atoms with van der Waals surface area (Å²) in [4.78, 5) is -0.119. The number of rotatable bonds is 8. The van der Waals surface area contributed by atoms with Crippen LogP contribution in [-0.4, -0.2) is 22.9 Å². The summed E-state index contributed by atoms with van der Waals surface area (Å²) in [5, 5.41) is 0. The molecular formula is C23H24N2O4S2. The van der Waals surface area contributed by atoms with Crippen LogP contribution in [0, 0.1) is 6.92 Å². The van der Waals surface area contributed by atoms with E-state index in [0.717, 1.165) is 24.0 Å². The van der Waals surface area contributed by atoms with E-state index in [1.165, 1.54) is 28.6 Å². The van der Waals surface area contributed by atoms with Gasteiger partial charge in [-0.2, -0.15) is 0 Å². The predicted octanol–water partition coefficient (Wildman–Crippen LogP) is 3.83. The molecule has 6 nitrogen and oxygen atoms in total. The first kappa shape index (κ1) is 21.5. The van der Waals surface area contributed by atoms with Crippen molar-refractivity contribution in [1.29, 1.82) is 0 Å². The SMILES string of the molecule is Cc1ccc(N(Cc2ccccc2)S(=O)(=O)c2cccc(S(=O)(=O)NC3CC3)c2)cc1. The fourth-order valence-corrected chi connectivity index (χ4v) is 6.12. The molecule has 0 heterocycles. The summed E-state index contributed by atoms with van der Waals surface area (Å²) >= 11 is 0. The van der Waals surface area contributed by atoms with Gasteiger partial charge in [0.2, 0.25) is 10.0 Å². The van der Waals surface area contributed by atoms with Crippen LogP contribution in [0.1, 0.15) is 24.0 Å². The van der Waals surface area contributed by atoms with Gasteiger partial charge in [-0.1, -0.05) is 54.1 Å². The molecule has 0 aromatic heterocycles. The Balaban J connectivity index is 1.75. The molecule has 1 N–H and O–H groups in total. The minimum absolute atomic E-state index is 0.0518. The van der Waals surface area contributed by atoms with Crippen molar-refractivity contribution >= 4 is 25.7 Å². The van der Waals surface area contributed by atoms with E-state index in [1.54, 1.807) is 12.1 Å². The number of anilines is 1. The maximum atomic E-state index is 13.6. The van der Waals surface area contributed by atoms with E-state index in [1.807, 2.05) is 49.4 Å². The van der Waals surface area contributed by atoms with Crippen molar-refractivity contribution in [2.75, 3.05) is 4.31 Å². The Morgan fingerprint density at radius 3 is 2.13 bits per heavy atom. The third-order valence-electron chi connectivity index (χ3n) is 5.09. The smallest absolute Gasteiger partial charge is 0.262 e. The minimum Gasteiger partial charge on any atom is -0.262 e. The summed E-state index contributed by atoms with van der Waals surface area (Å²) in [6, 6.07) is 22.0. The van der Waals surface area contributed by atoms with Crippen LogP contribution < -0.4 is 9.03 Å². The fraction of sp³-hybridized carbons (Fsp3) is 0.217. The lowest BCUT2D eigenvalue weighted by Crippen LogP contribution is -2.31. The zero-order chi connectivity index (χ0) is 22.1. The Morgan fingerprint density at radius 1 is 0.839 bits per heavy atom. The minimum atomic E-state index is -4.02. The van der Waals surface area contributed by atoms with Gasteiger partial charge < -0.3 is 0 Å². The lowest BCUT2D eigenvalue weighted by molar-refractivity contribution is 0.580. The summed E-state index contributed by atoms with van der Waals surface area (Å²) in [7, 11) is -7.79. The highest BCUT2D eigenvalue weighted by Crippen LogP contribution is 2.28. The van der Waals surface area contributed by atoms with Crippen molar-refractivity contribution in [1.82, 2.24) is 4.72 Å². The van der Waals surface area contributed by atoms with E-state index >= 15 is 0 Å². The molecule has 0 spiro atoms. The molecule has 0 amide bonds. The van der Waals surface area contributed by atoms with E-state index in [9.17, 15) is 16.8 Å². The Labute approximate surface area is 183 Å². The van der Waals surface area contributed by atoms with Crippen molar-refractivity contribution in [2.45, 2.75) is 42.1 Å². The number of benzene rings is 3. The maximum absolute atomic E-state index is 13.6. The highest BCUT2D eigenvalue weighted by Gasteiger charge is 2.30. The largest absolute Gasteiger partial charge is 0.264 e. The molecule has 4 rings (SSSR count). The number of nitrogens with zero attached hydrogens (tertiary/aromatic N) is 1. The quantitative estimate of drug-likeness (QED) is 0.558. The van der Waals surface area contributed by atoms with Gasteiger partial charge in [0.25, 0.3) is 10.0 Å². The summed E-state index contributed by atoms with van der Waals surface area (Å²) < 4.78 is 56.4. The number of hydrogen-bond donors (Lipinski definition) is 1. The Bertz CT molecular complexity index is 1270. The molecule has 162 valence electrons. The zero-order valence-electron chi connectivity index (χ0n) is 17.1. The first-order valence-electron chi connectivity index (χ1n) is 10.0. The molecule has 1 aliphatic rings. The normalized spacial score (nSPS) is 14.4. The van der Waals surface area contributed by atoms with Crippen molar-refractivity contribution < 1.29 is 16.8 Å². The summed E-state index contributed by atoms with van der Waals surface area (Å²) in [6.07, 6.45) is 1.60. The number of nitrogens with one attached hydrogen (secondary N) is 1. The molecule has 3 aromatic rings. The maximum Gasteiger partial charge on any atom is 0.264 e. The molecule has 8 heteroatoms.